The number of hydrogen-bond acceptors (Lipinski definition) is 4. The van der Waals surface area contributed by atoms with E-state index in [9.17, 15) is 0 Å². The standard InChI is InChI=1S/C120H82N2O2/c1-119(2)107-37-15-12-28-97(107)103-35-18-31-93(115(103)119)82-52-64-92(65-53-82)122(90-62-50-80(51-63-90)85-47-46-76-24-8-9-26-84(76)72-85)110-39-17-14-30-100(110)102-34-21-41-112-114(102)106-71-59-88-73-86(57-68-96(88)118(106)124-112)87-58-69-98-104-36-19-32-94(116(104)120(3,4)108(98)74-87)83-54-66-91(67-55-83)121(89-60-48-79(49-61-89)78-44-42-77(43-45-78)75-22-6-5-7-23-75)109-38-16-13-29-99(109)101-33-20-40-111-113(101)105-70-56-81-25-10-11-27-95(81)117(105)123-111/h5-74H,1-4H3. The van der Waals surface area contributed by atoms with Gasteiger partial charge in [-0.2, -0.15) is 0 Å². The molecule has 20 aromatic carbocycles. The molecule has 0 N–H and O–H groups in total. The predicted molar refractivity (Wildman–Crippen MR) is 521 cm³/mol. The zero-order valence-electron chi connectivity index (χ0n) is 69.1. The molecule has 2 aliphatic rings. The molecule has 0 amide bonds. The summed E-state index contributed by atoms with van der Waals surface area (Å²) in [7, 11) is 0. The van der Waals surface area contributed by atoms with Gasteiger partial charge in [0.05, 0.1) is 11.4 Å². The molecule has 0 spiro atoms. The second-order valence-corrected chi connectivity index (χ2v) is 34.5. The highest BCUT2D eigenvalue weighted by Gasteiger charge is 2.40. The fourth-order valence-electron chi connectivity index (χ4n) is 20.9. The van der Waals surface area contributed by atoms with Gasteiger partial charge in [-0.25, -0.2) is 0 Å². The number of hydrogen-bond donors (Lipinski definition) is 0. The summed E-state index contributed by atoms with van der Waals surface area (Å²) in [5.41, 5.74) is 38.6. The quantitative estimate of drug-likeness (QED) is 0.109. The summed E-state index contributed by atoms with van der Waals surface area (Å²) in [4.78, 5) is 4.86. The number of benzene rings is 20. The molecular weight excluding hydrogens is 1500 g/mol. The van der Waals surface area contributed by atoms with Gasteiger partial charge < -0.3 is 18.6 Å². The minimum atomic E-state index is -0.332. The zero-order chi connectivity index (χ0) is 82.5. The molecule has 0 saturated heterocycles. The van der Waals surface area contributed by atoms with Gasteiger partial charge in [-0.05, 0) is 253 Å². The van der Waals surface area contributed by atoms with Gasteiger partial charge in [0.15, 0.2) is 0 Å². The molecule has 0 unspecified atom stereocenters. The van der Waals surface area contributed by atoms with E-state index in [1.165, 1.54) is 105 Å². The maximum absolute atomic E-state index is 7.14. The average Bonchev–Trinajstić information content (AvgIpc) is 1.57. The molecule has 124 heavy (non-hydrogen) atoms. The van der Waals surface area contributed by atoms with Crippen molar-refractivity contribution in [3.63, 3.8) is 0 Å². The van der Waals surface area contributed by atoms with Gasteiger partial charge in [0.25, 0.3) is 0 Å². The lowest BCUT2D eigenvalue weighted by Crippen LogP contribution is -2.16. The lowest BCUT2D eigenvalue weighted by Gasteiger charge is -2.29. The van der Waals surface area contributed by atoms with Crippen molar-refractivity contribution < 1.29 is 8.83 Å². The minimum Gasteiger partial charge on any atom is -0.455 e. The maximum Gasteiger partial charge on any atom is 0.143 e. The zero-order valence-corrected chi connectivity index (χ0v) is 69.1. The monoisotopic (exact) mass is 1580 g/mol. The van der Waals surface area contributed by atoms with Gasteiger partial charge in [0, 0.05) is 77.0 Å². The first-order valence-electron chi connectivity index (χ1n) is 43.1. The molecule has 0 aliphatic heterocycles. The molecule has 0 fully saturated rings. The van der Waals surface area contributed by atoms with Crippen molar-refractivity contribution >= 4 is 110 Å². The van der Waals surface area contributed by atoms with E-state index in [0.717, 1.165) is 138 Å². The van der Waals surface area contributed by atoms with E-state index in [0.29, 0.717) is 0 Å². The Labute approximate surface area is 720 Å². The van der Waals surface area contributed by atoms with Crippen LogP contribution in [-0.4, -0.2) is 0 Å². The van der Waals surface area contributed by atoms with Gasteiger partial charge in [-0.15, -0.1) is 0 Å². The highest BCUT2D eigenvalue weighted by Crippen LogP contribution is 2.57. The van der Waals surface area contributed by atoms with Crippen LogP contribution in [0.3, 0.4) is 0 Å². The number of anilines is 6. The van der Waals surface area contributed by atoms with Crippen LogP contribution in [-0.2, 0) is 10.8 Å². The van der Waals surface area contributed by atoms with Crippen LogP contribution in [0.25, 0.3) is 187 Å². The summed E-state index contributed by atoms with van der Waals surface area (Å²) in [6, 6.07) is 157. The van der Waals surface area contributed by atoms with Crippen molar-refractivity contribution in [1.82, 2.24) is 0 Å². The molecule has 2 aliphatic carbocycles. The summed E-state index contributed by atoms with van der Waals surface area (Å²) in [5, 5.41) is 11.3. The van der Waals surface area contributed by atoms with E-state index in [4.69, 9.17) is 8.83 Å². The SMILES string of the molecule is CC1(C)c2ccccc2-c2cccc(-c3ccc(N(c4ccc(-c5ccc6ccccc6c5)cc4)c4ccccc4-c4cccc5oc6c7ccc(-c8ccc9c(c8)C(C)(C)c8c(-c%10ccc(N(c%11ccc(-c%12ccc(-c%13ccccc%13)cc%12)cc%11)c%11ccccc%11-c%11cccc%12oc%13c%14ccccc%14ccc%13c%11%12)cc%10)cccc8-9)cc7ccc6c45)cc3)c21. The van der Waals surface area contributed by atoms with Crippen LogP contribution >= 0.6 is 0 Å². The second kappa shape index (κ2) is 28.5. The van der Waals surface area contributed by atoms with E-state index in [2.05, 4.69) is 462 Å². The molecule has 0 atom stereocenters. The van der Waals surface area contributed by atoms with E-state index in [-0.39, 0.29) is 10.8 Å². The Bertz CT molecular complexity index is 8070. The van der Waals surface area contributed by atoms with Crippen LogP contribution in [0.2, 0.25) is 0 Å². The lowest BCUT2D eigenvalue weighted by atomic mass is 9.78. The maximum atomic E-state index is 7.14. The van der Waals surface area contributed by atoms with E-state index in [1.807, 2.05) is 0 Å². The van der Waals surface area contributed by atoms with Crippen LogP contribution in [0.15, 0.2) is 433 Å². The third kappa shape index (κ3) is 11.7. The molecule has 0 bridgehead atoms. The van der Waals surface area contributed by atoms with Crippen LogP contribution in [0, 0.1) is 0 Å². The second-order valence-electron chi connectivity index (χ2n) is 34.5. The summed E-state index contributed by atoms with van der Waals surface area (Å²) in [6.07, 6.45) is 0. The van der Waals surface area contributed by atoms with Crippen LogP contribution in [0.1, 0.15) is 49.9 Å². The Hall–Kier alpha value is -15.6. The molecule has 4 nitrogen and oxygen atoms in total. The molecular formula is C120H82N2O2. The number of furan rings is 2. The fraction of sp³-hybridized carbons (Fsp3) is 0.0500. The molecule has 584 valence electrons. The highest BCUT2D eigenvalue weighted by molar-refractivity contribution is 6.22. The number of nitrogens with zero attached hydrogens (tertiary/aromatic N) is 2. The van der Waals surface area contributed by atoms with Crippen LogP contribution < -0.4 is 9.80 Å². The number of para-hydroxylation sites is 2. The van der Waals surface area contributed by atoms with E-state index < -0.39 is 0 Å². The predicted octanol–water partition coefficient (Wildman–Crippen LogP) is 33.8. The molecule has 0 radical (unpaired) electrons. The van der Waals surface area contributed by atoms with Gasteiger partial charge in [0.2, 0.25) is 0 Å². The fourth-order valence-corrected chi connectivity index (χ4v) is 20.9. The van der Waals surface area contributed by atoms with Crippen LogP contribution in [0.4, 0.5) is 34.1 Å². The summed E-state index contributed by atoms with van der Waals surface area (Å²) >= 11 is 0. The Balaban J connectivity index is 0.557. The molecule has 4 heteroatoms. The normalized spacial score (nSPS) is 13.0. The van der Waals surface area contributed by atoms with Gasteiger partial charge in [-0.3, -0.25) is 0 Å². The summed E-state index contributed by atoms with van der Waals surface area (Å²) in [6.45, 7) is 9.56. The van der Waals surface area contributed by atoms with Crippen molar-refractivity contribution in [2.24, 2.45) is 0 Å². The number of fused-ring (bicyclic) bond motifs is 17. The topological polar surface area (TPSA) is 32.8 Å². The van der Waals surface area contributed by atoms with Crippen LogP contribution in [0.5, 0.6) is 0 Å². The summed E-state index contributed by atoms with van der Waals surface area (Å²) in [5.74, 6) is 0. The molecule has 2 aromatic heterocycles. The largest absolute Gasteiger partial charge is 0.455 e. The van der Waals surface area contributed by atoms with Gasteiger partial charge in [-0.1, -0.05) is 343 Å². The smallest absolute Gasteiger partial charge is 0.143 e. The van der Waals surface area contributed by atoms with Gasteiger partial charge >= 0.3 is 0 Å². The van der Waals surface area contributed by atoms with Crippen molar-refractivity contribution in [1.29, 1.82) is 0 Å². The van der Waals surface area contributed by atoms with Crippen molar-refractivity contribution in [2.45, 2.75) is 38.5 Å². The van der Waals surface area contributed by atoms with Crippen molar-refractivity contribution in [2.75, 3.05) is 9.80 Å². The van der Waals surface area contributed by atoms with Gasteiger partial charge in [0.1, 0.15) is 22.3 Å². The third-order valence-corrected chi connectivity index (χ3v) is 26.9. The first-order valence-corrected chi connectivity index (χ1v) is 43.1. The Morgan fingerprint density at radius 2 is 0.532 bits per heavy atom. The molecule has 0 saturated carbocycles. The van der Waals surface area contributed by atoms with Crippen molar-refractivity contribution in [3.8, 4) is 111 Å². The van der Waals surface area contributed by atoms with E-state index in [1.54, 1.807) is 0 Å². The average molecular weight is 1580 g/mol. The third-order valence-electron chi connectivity index (χ3n) is 26.9. The Kier molecular flexibility index (Phi) is 16.7. The van der Waals surface area contributed by atoms with E-state index >= 15 is 0 Å². The Morgan fingerprint density at radius 1 is 0.194 bits per heavy atom. The highest BCUT2D eigenvalue weighted by atomic mass is 16.3. The molecule has 24 rings (SSSR count). The van der Waals surface area contributed by atoms with Crippen molar-refractivity contribution in [3.05, 3.63) is 447 Å². The lowest BCUT2D eigenvalue weighted by molar-refractivity contribution is 0.662. The summed E-state index contributed by atoms with van der Waals surface area (Å²) < 4.78 is 14.0. The first-order chi connectivity index (χ1) is 61.0. The Morgan fingerprint density at radius 3 is 1.10 bits per heavy atom. The molecule has 22 aromatic rings. The molecule has 2 heterocycles. The minimum absolute atomic E-state index is 0.153. The number of rotatable bonds is 14. The first kappa shape index (κ1) is 72.4.